The molecule has 1 unspecified atom stereocenters. The summed E-state index contributed by atoms with van der Waals surface area (Å²) in [5.74, 6) is 0.207. The number of nitrogens with zero attached hydrogens (tertiary/aromatic N) is 1. The van der Waals surface area contributed by atoms with Crippen molar-refractivity contribution >= 4 is 5.91 Å². The van der Waals surface area contributed by atoms with Gasteiger partial charge in [0, 0.05) is 17.7 Å². The van der Waals surface area contributed by atoms with Crippen molar-refractivity contribution in [3.05, 3.63) is 101 Å². The standard InChI is InChI=1S/C22H19NO2/c24-20-13-7-6-12-19(20)21-18-11-5-4-8-16(18)14-15-23(21)22(25)17-9-2-1-3-10-17/h1-13,21,24H,14-15H2. The van der Waals surface area contributed by atoms with Crippen LogP contribution in [0.4, 0.5) is 0 Å². The largest absolute Gasteiger partial charge is 0.508 e. The SMILES string of the molecule is O=C(c1ccccc1)N1CCc2ccccc2C1c1ccccc1O. The highest BCUT2D eigenvalue weighted by Crippen LogP contribution is 2.39. The third kappa shape index (κ3) is 2.78. The molecule has 0 radical (unpaired) electrons. The van der Waals surface area contributed by atoms with E-state index < -0.39 is 0 Å². The lowest BCUT2D eigenvalue weighted by molar-refractivity contribution is 0.0693. The zero-order chi connectivity index (χ0) is 17.2. The molecular formula is C22H19NO2. The van der Waals surface area contributed by atoms with E-state index in [9.17, 15) is 9.90 Å². The van der Waals surface area contributed by atoms with Crippen LogP contribution >= 0.6 is 0 Å². The van der Waals surface area contributed by atoms with Crippen molar-refractivity contribution in [3.63, 3.8) is 0 Å². The van der Waals surface area contributed by atoms with Gasteiger partial charge in [0.05, 0.1) is 6.04 Å². The Labute approximate surface area is 147 Å². The van der Waals surface area contributed by atoms with Crippen molar-refractivity contribution < 1.29 is 9.90 Å². The molecule has 3 heteroatoms. The minimum atomic E-state index is -0.279. The molecule has 0 spiro atoms. The van der Waals surface area contributed by atoms with Gasteiger partial charge >= 0.3 is 0 Å². The van der Waals surface area contributed by atoms with E-state index in [-0.39, 0.29) is 17.7 Å². The Hall–Kier alpha value is -3.07. The van der Waals surface area contributed by atoms with Crippen LogP contribution in [0.1, 0.15) is 33.1 Å². The molecule has 1 atom stereocenters. The van der Waals surface area contributed by atoms with Gasteiger partial charge in [-0.2, -0.15) is 0 Å². The molecule has 3 aromatic rings. The topological polar surface area (TPSA) is 40.5 Å². The number of benzene rings is 3. The fourth-order valence-electron chi connectivity index (χ4n) is 3.59. The van der Waals surface area contributed by atoms with Crippen LogP contribution in [0.15, 0.2) is 78.9 Å². The Balaban J connectivity index is 1.84. The Morgan fingerprint density at radius 2 is 1.48 bits per heavy atom. The van der Waals surface area contributed by atoms with Gasteiger partial charge in [0.15, 0.2) is 0 Å². The number of aromatic hydroxyl groups is 1. The lowest BCUT2D eigenvalue weighted by Crippen LogP contribution is -2.40. The molecule has 1 N–H and O–H groups in total. The second-order valence-corrected chi connectivity index (χ2v) is 6.27. The zero-order valence-electron chi connectivity index (χ0n) is 13.8. The second kappa shape index (κ2) is 6.44. The molecule has 0 bridgehead atoms. The summed E-state index contributed by atoms with van der Waals surface area (Å²) in [7, 11) is 0. The zero-order valence-corrected chi connectivity index (χ0v) is 13.8. The van der Waals surface area contributed by atoms with Crippen LogP contribution in [-0.4, -0.2) is 22.5 Å². The highest BCUT2D eigenvalue weighted by Gasteiger charge is 2.33. The van der Waals surface area contributed by atoms with Gasteiger partial charge in [0.1, 0.15) is 5.75 Å². The second-order valence-electron chi connectivity index (χ2n) is 6.27. The first-order valence-corrected chi connectivity index (χ1v) is 8.47. The Bertz CT molecular complexity index is 905. The van der Waals surface area contributed by atoms with Crippen LogP contribution in [0.25, 0.3) is 0 Å². The molecule has 1 aliphatic rings. The molecule has 1 aliphatic heterocycles. The van der Waals surface area contributed by atoms with E-state index in [1.807, 2.05) is 59.5 Å². The van der Waals surface area contributed by atoms with E-state index in [4.69, 9.17) is 0 Å². The summed E-state index contributed by atoms with van der Waals surface area (Å²) < 4.78 is 0. The normalized spacial score (nSPS) is 16.3. The maximum atomic E-state index is 13.1. The van der Waals surface area contributed by atoms with Gasteiger partial charge in [-0.1, -0.05) is 60.7 Å². The van der Waals surface area contributed by atoms with Crippen molar-refractivity contribution in [3.8, 4) is 5.75 Å². The summed E-state index contributed by atoms with van der Waals surface area (Å²) in [5.41, 5.74) is 3.74. The molecule has 1 amide bonds. The summed E-state index contributed by atoms with van der Waals surface area (Å²) in [6.45, 7) is 0.629. The Morgan fingerprint density at radius 3 is 2.24 bits per heavy atom. The van der Waals surface area contributed by atoms with Crippen LogP contribution in [0, 0.1) is 0 Å². The van der Waals surface area contributed by atoms with E-state index in [2.05, 4.69) is 12.1 Å². The van der Waals surface area contributed by atoms with Gasteiger partial charge < -0.3 is 10.0 Å². The smallest absolute Gasteiger partial charge is 0.254 e. The average molecular weight is 329 g/mol. The maximum absolute atomic E-state index is 13.1. The minimum absolute atomic E-state index is 0.0108. The fourth-order valence-corrected chi connectivity index (χ4v) is 3.59. The lowest BCUT2D eigenvalue weighted by Gasteiger charge is -2.38. The lowest BCUT2D eigenvalue weighted by atomic mass is 9.87. The van der Waals surface area contributed by atoms with E-state index in [0.29, 0.717) is 12.1 Å². The van der Waals surface area contributed by atoms with Gasteiger partial charge in [-0.3, -0.25) is 4.79 Å². The number of amides is 1. The molecule has 0 aliphatic carbocycles. The predicted molar refractivity (Wildman–Crippen MR) is 97.6 cm³/mol. The number of para-hydroxylation sites is 1. The Morgan fingerprint density at radius 1 is 0.840 bits per heavy atom. The van der Waals surface area contributed by atoms with Crippen LogP contribution in [0.3, 0.4) is 0 Å². The van der Waals surface area contributed by atoms with Crippen molar-refractivity contribution in [1.29, 1.82) is 0 Å². The van der Waals surface area contributed by atoms with Crippen molar-refractivity contribution in [1.82, 2.24) is 4.90 Å². The highest BCUT2D eigenvalue weighted by atomic mass is 16.3. The van der Waals surface area contributed by atoms with E-state index >= 15 is 0 Å². The van der Waals surface area contributed by atoms with Gasteiger partial charge in [0.2, 0.25) is 0 Å². The van der Waals surface area contributed by atoms with Gasteiger partial charge in [0.25, 0.3) is 5.91 Å². The third-order valence-corrected chi connectivity index (χ3v) is 4.80. The average Bonchev–Trinajstić information content (AvgIpc) is 2.68. The predicted octanol–water partition coefficient (Wildman–Crippen LogP) is 4.18. The molecule has 3 nitrogen and oxygen atoms in total. The molecule has 124 valence electrons. The number of hydrogen-bond donors (Lipinski definition) is 1. The molecule has 0 fully saturated rings. The first-order chi connectivity index (χ1) is 12.3. The summed E-state index contributed by atoms with van der Waals surface area (Å²) in [6.07, 6.45) is 0.818. The summed E-state index contributed by atoms with van der Waals surface area (Å²) in [6, 6.07) is 24.5. The highest BCUT2D eigenvalue weighted by molar-refractivity contribution is 5.95. The van der Waals surface area contributed by atoms with Gasteiger partial charge in [-0.15, -0.1) is 0 Å². The third-order valence-electron chi connectivity index (χ3n) is 4.80. The van der Waals surface area contributed by atoms with Gasteiger partial charge in [-0.05, 0) is 35.7 Å². The number of phenolic OH excluding ortho intramolecular Hbond substituents is 1. The first-order valence-electron chi connectivity index (χ1n) is 8.47. The van der Waals surface area contributed by atoms with Crippen LogP contribution in [0.2, 0.25) is 0 Å². The summed E-state index contributed by atoms with van der Waals surface area (Å²) in [5, 5.41) is 10.4. The molecular weight excluding hydrogens is 310 g/mol. The number of hydrogen-bond acceptors (Lipinski definition) is 2. The molecule has 4 rings (SSSR count). The van der Waals surface area contributed by atoms with Crippen LogP contribution < -0.4 is 0 Å². The number of fused-ring (bicyclic) bond motifs is 1. The molecule has 25 heavy (non-hydrogen) atoms. The number of rotatable bonds is 2. The van der Waals surface area contributed by atoms with Crippen molar-refractivity contribution in [2.45, 2.75) is 12.5 Å². The van der Waals surface area contributed by atoms with Crippen LogP contribution in [-0.2, 0) is 6.42 Å². The molecule has 3 aromatic carbocycles. The van der Waals surface area contributed by atoms with E-state index in [1.165, 1.54) is 5.56 Å². The molecule has 0 saturated heterocycles. The van der Waals surface area contributed by atoms with E-state index in [1.54, 1.807) is 12.1 Å². The number of phenols is 1. The van der Waals surface area contributed by atoms with E-state index in [0.717, 1.165) is 17.5 Å². The monoisotopic (exact) mass is 329 g/mol. The summed E-state index contributed by atoms with van der Waals surface area (Å²) >= 11 is 0. The molecule has 0 aromatic heterocycles. The first kappa shape index (κ1) is 15.5. The Kier molecular flexibility index (Phi) is 3.98. The number of carbonyl (C=O) groups is 1. The number of carbonyl (C=O) groups excluding carboxylic acids is 1. The van der Waals surface area contributed by atoms with Gasteiger partial charge in [-0.25, -0.2) is 0 Å². The van der Waals surface area contributed by atoms with Crippen molar-refractivity contribution in [2.24, 2.45) is 0 Å². The van der Waals surface area contributed by atoms with Crippen molar-refractivity contribution in [2.75, 3.05) is 6.54 Å². The quantitative estimate of drug-likeness (QED) is 0.766. The summed E-state index contributed by atoms with van der Waals surface area (Å²) in [4.78, 5) is 15.0. The van der Waals surface area contributed by atoms with Crippen LogP contribution in [0.5, 0.6) is 5.75 Å². The molecule has 1 heterocycles. The maximum Gasteiger partial charge on any atom is 0.254 e. The minimum Gasteiger partial charge on any atom is -0.508 e. The fraction of sp³-hybridized carbons (Fsp3) is 0.136. The molecule has 0 saturated carbocycles.